The molecule has 0 aromatic heterocycles. The van der Waals surface area contributed by atoms with E-state index in [4.69, 9.17) is 14.5 Å². The number of rotatable bonds is 1. The van der Waals surface area contributed by atoms with E-state index in [1.807, 2.05) is 31.0 Å². The van der Waals surface area contributed by atoms with E-state index in [1.165, 1.54) is 6.42 Å². The van der Waals surface area contributed by atoms with Crippen LogP contribution < -0.4 is 14.5 Å². The molecule has 6 heteroatoms. The van der Waals surface area contributed by atoms with E-state index in [0.717, 1.165) is 77.9 Å². The topological polar surface area (TPSA) is 37.3 Å². The van der Waals surface area contributed by atoms with Gasteiger partial charge in [-0.1, -0.05) is 55.5 Å². The Bertz CT molecular complexity index is 1530. The lowest BCUT2D eigenvalue weighted by Gasteiger charge is -2.49. The summed E-state index contributed by atoms with van der Waals surface area (Å²) in [6, 6.07) is 17.5. The molecule has 1 saturated carbocycles. The molecule has 4 aliphatic rings. The van der Waals surface area contributed by atoms with Gasteiger partial charge in [-0.2, -0.15) is 0 Å². The van der Waals surface area contributed by atoms with Crippen LogP contribution in [0.4, 0.5) is 21.5 Å². The second-order valence-corrected chi connectivity index (χ2v) is 10.9. The van der Waals surface area contributed by atoms with E-state index in [9.17, 15) is 0 Å². The predicted octanol–water partition coefficient (Wildman–Crippen LogP) is 6.62. The lowest BCUT2D eigenvalue weighted by Crippen LogP contribution is -2.63. The molecule has 3 heterocycles. The zero-order valence-electron chi connectivity index (χ0n) is 22.0. The minimum Gasteiger partial charge on any atom is -0.458 e. The summed E-state index contributed by atoms with van der Waals surface area (Å²) in [4.78, 5) is 9.50. The lowest BCUT2D eigenvalue weighted by molar-refractivity contribution is 0.0444. The van der Waals surface area contributed by atoms with Gasteiger partial charge in [-0.05, 0) is 43.9 Å². The monoisotopic (exact) mass is 509 g/mol. The molecule has 0 N–H and O–H groups in total. The van der Waals surface area contributed by atoms with Crippen molar-refractivity contribution in [3.8, 4) is 17.7 Å². The molecule has 1 aliphatic carbocycles. The first-order valence-corrected chi connectivity index (χ1v) is 13.7. The number of aryl methyl sites for hydroxylation is 1. The van der Waals surface area contributed by atoms with E-state index >= 15 is 4.39 Å². The Balaban J connectivity index is 1.46. The first kappa shape index (κ1) is 23.5. The van der Waals surface area contributed by atoms with Gasteiger partial charge in [0.25, 0.3) is 0 Å². The fourth-order valence-electron chi connectivity index (χ4n) is 7.13. The lowest BCUT2D eigenvalue weighted by atomic mass is 9.64. The van der Waals surface area contributed by atoms with Crippen molar-refractivity contribution in [2.75, 3.05) is 36.1 Å². The first-order valence-electron chi connectivity index (χ1n) is 13.7. The number of morpholine rings is 1. The van der Waals surface area contributed by atoms with Gasteiger partial charge in [0.1, 0.15) is 11.5 Å². The van der Waals surface area contributed by atoms with Crippen molar-refractivity contribution in [2.24, 2.45) is 4.99 Å². The number of aliphatic imine (C=N–C) groups is 1. The van der Waals surface area contributed by atoms with Gasteiger partial charge in [-0.15, -0.1) is 0 Å². The van der Waals surface area contributed by atoms with Crippen molar-refractivity contribution in [1.82, 2.24) is 0 Å². The molecule has 0 radical (unpaired) electrons. The summed E-state index contributed by atoms with van der Waals surface area (Å²) in [5, 5.41) is 2.23. The highest BCUT2D eigenvalue weighted by atomic mass is 19.1. The Hall–Kier alpha value is -3.56. The molecule has 194 valence electrons. The summed E-state index contributed by atoms with van der Waals surface area (Å²) >= 11 is 0. The zero-order valence-corrected chi connectivity index (χ0v) is 22.0. The summed E-state index contributed by atoms with van der Waals surface area (Å²) in [6.45, 7) is 6.74. The van der Waals surface area contributed by atoms with Crippen LogP contribution in [0.3, 0.4) is 0 Å². The van der Waals surface area contributed by atoms with E-state index in [2.05, 4.69) is 47.2 Å². The number of halogens is 1. The number of anilines is 2. The molecule has 1 unspecified atom stereocenters. The molecule has 2 spiro atoms. The third-order valence-electron chi connectivity index (χ3n) is 8.93. The Labute approximate surface area is 223 Å². The van der Waals surface area contributed by atoms with E-state index in [-0.39, 0.29) is 11.2 Å². The van der Waals surface area contributed by atoms with Gasteiger partial charge in [0, 0.05) is 41.7 Å². The quantitative estimate of drug-likeness (QED) is 0.346. The van der Waals surface area contributed by atoms with Crippen molar-refractivity contribution in [2.45, 2.75) is 57.1 Å². The van der Waals surface area contributed by atoms with Crippen molar-refractivity contribution < 1.29 is 13.9 Å². The number of hydrogen-bond donors (Lipinski definition) is 0. The Morgan fingerprint density at radius 2 is 1.74 bits per heavy atom. The Morgan fingerprint density at radius 3 is 2.50 bits per heavy atom. The standard InChI is InChI=1S/C32H32FN3O2/c1-3-13-36-28-19-26(33)22(2)18-25(28)31(11-7-4-8-12-31)32(36)21-34-30-24-10-6-5-9-23(24)27(20-29(30)38-32)35-14-16-37-17-15-35/h5-6,9-10,18-21H,4,7-8,11-12,14-17H2,1-2H3. The van der Waals surface area contributed by atoms with Crippen LogP contribution in [-0.2, 0) is 10.2 Å². The Kier molecular flexibility index (Phi) is 5.42. The maximum atomic E-state index is 15.0. The molecule has 3 aromatic carbocycles. The Morgan fingerprint density at radius 1 is 0.974 bits per heavy atom. The van der Waals surface area contributed by atoms with Gasteiger partial charge in [0.05, 0.1) is 30.5 Å². The van der Waals surface area contributed by atoms with Crippen LogP contribution in [0, 0.1) is 24.7 Å². The highest BCUT2D eigenvalue weighted by Crippen LogP contribution is 2.61. The van der Waals surface area contributed by atoms with Crippen LogP contribution in [0.5, 0.6) is 5.75 Å². The maximum absolute atomic E-state index is 15.0. The fourth-order valence-corrected chi connectivity index (χ4v) is 7.13. The second kappa shape index (κ2) is 8.74. The molecular weight excluding hydrogens is 477 g/mol. The third kappa shape index (κ3) is 3.18. The molecule has 1 atom stereocenters. The minimum absolute atomic E-state index is 0.219. The molecule has 2 fully saturated rings. The average molecular weight is 510 g/mol. The number of fused-ring (bicyclic) bond motifs is 6. The summed E-state index contributed by atoms with van der Waals surface area (Å²) in [5.41, 5.74) is 3.25. The van der Waals surface area contributed by atoms with Crippen molar-refractivity contribution in [3.63, 3.8) is 0 Å². The summed E-state index contributed by atoms with van der Waals surface area (Å²) < 4.78 is 27.9. The average Bonchev–Trinajstić information content (AvgIpc) is 3.13. The minimum atomic E-state index is -0.948. The summed E-state index contributed by atoms with van der Waals surface area (Å²) in [5.74, 6) is 3.62. The fraction of sp³-hybridized carbons (Fsp3) is 0.406. The van der Waals surface area contributed by atoms with E-state index in [0.29, 0.717) is 18.8 Å². The van der Waals surface area contributed by atoms with Crippen molar-refractivity contribution >= 4 is 34.0 Å². The van der Waals surface area contributed by atoms with Gasteiger partial charge in [0.15, 0.2) is 5.75 Å². The smallest absolute Gasteiger partial charge is 0.240 e. The van der Waals surface area contributed by atoms with Gasteiger partial charge in [-0.3, -0.25) is 9.89 Å². The van der Waals surface area contributed by atoms with Gasteiger partial charge < -0.3 is 14.4 Å². The zero-order chi connectivity index (χ0) is 25.9. The largest absolute Gasteiger partial charge is 0.458 e. The molecule has 5 nitrogen and oxygen atoms in total. The van der Waals surface area contributed by atoms with Crippen LogP contribution in [0.25, 0.3) is 10.8 Å². The summed E-state index contributed by atoms with van der Waals surface area (Å²) in [6.07, 6.45) is 7.22. The molecule has 1 saturated heterocycles. The third-order valence-corrected chi connectivity index (χ3v) is 8.93. The van der Waals surface area contributed by atoms with Gasteiger partial charge >= 0.3 is 0 Å². The molecule has 38 heavy (non-hydrogen) atoms. The molecular formula is C32H32FN3O2. The molecule has 3 aromatic rings. The first-order chi connectivity index (χ1) is 18.6. The summed E-state index contributed by atoms with van der Waals surface area (Å²) in [7, 11) is 0. The number of hydrogen-bond acceptors (Lipinski definition) is 5. The van der Waals surface area contributed by atoms with Crippen molar-refractivity contribution in [3.05, 3.63) is 59.4 Å². The highest BCUT2D eigenvalue weighted by Gasteiger charge is 2.64. The molecule has 0 bridgehead atoms. The van der Waals surface area contributed by atoms with Gasteiger partial charge in [0.2, 0.25) is 5.72 Å². The van der Waals surface area contributed by atoms with Crippen LogP contribution in [0.2, 0.25) is 0 Å². The molecule has 7 rings (SSSR count). The number of benzene rings is 3. The van der Waals surface area contributed by atoms with Crippen LogP contribution >= 0.6 is 0 Å². The normalized spacial score (nSPS) is 23.2. The molecule has 3 aliphatic heterocycles. The molecule has 0 amide bonds. The second-order valence-electron chi connectivity index (χ2n) is 10.9. The highest BCUT2D eigenvalue weighted by molar-refractivity contribution is 6.06. The van der Waals surface area contributed by atoms with E-state index in [1.54, 1.807) is 6.07 Å². The van der Waals surface area contributed by atoms with Crippen LogP contribution in [0.1, 0.15) is 50.2 Å². The predicted molar refractivity (Wildman–Crippen MR) is 150 cm³/mol. The maximum Gasteiger partial charge on any atom is 0.240 e. The number of ether oxygens (including phenoxy) is 2. The van der Waals surface area contributed by atoms with E-state index < -0.39 is 5.72 Å². The van der Waals surface area contributed by atoms with Crippen LogP contribution in [-0.4, -0.2) is 38.2 Å². The van der Waals surface area contributed by atoms with Crippen LogP contribution in [0.15, 0.2) is 47.5 Å². The number of nitrogens with zero attached hydrogens (tertiary/aromatic N) is 3. The SMILES string of the molecule is CC#CN1c2cc(F)c(C)cc2C2(CCCCC2)C12C=Nc1c(cc(N3CCOCC3)c3ccccc13)O2. The van der Waals surface area contributed by atoms with Crippen molar-refractivity contribution in [1.29, 1.82) is 0 Å². The van der Waals surface area contributed by atoms with Gasteiger partial charge in [-0.25, -0.2) is 4.39 Å².